The van der Waals surface area contributed by atoms with Gasteiger partial charge < -0.3 is 15.5 Å². The van der Waals surface area contributed by atoms with Crippen LogP contribution in [0.25, 0.3) is 21.3 Å². The Labute approximate surface area is 172 Å². The van der Waals surface area contributed by atoms with Gasteiger partial charge in [-0.1, -0.05) is 18.2 Å². The van der Waals surface area contributed by atoms with Gasteiger partial charge in [-0.05, 0) is 48.2 Å². The molecule has 0 atom stereocenters. The minimum Gasteiger partial charge on any atom is -0.338 e. The number of rotatable bonds is 3. The van der Waals surface area contributed by atoms with Crippen molar-refractivity contribution < 1.29 is 9.59 Å². The average Bonchev–Trinajstić information content (AvgIpc) is 3.34. The monoisotopic (exact) mass is 406 g/mol. The SMILES string of the molecule is NC1(C(=O)N2CCN(C(=O)c3ccc(-c4ccc5ncsc5c4)cc3)CC2)CC1. The van der Waals surface area contributed by atoms with Crippen LogP contribution in [0.4, 0.5) is 0 Å². The maximum Gasteiger partial charge on any atom is 0.253 e. The van der Waals surface area contributed by atoms with Gasteiger partial charge in [0.25, 0.3) is 5.91 Å². The molecule has 1 aliphatic heterocycles. The molecule has 0 spiro atoms. The number of benzene rings is 2. The van der Waals surface area contributed by atoms with Gasteiger partial charge in [0.15, 0.2) is 0 Å². The number of amides is 2. The number of fused-ring (bicyclic) bond motifs is 1. The smallest absolute Gasteiger partial charge is 0.253 e. The number of nitrogens with two attached hydrogens (primary N) is 1. The summed E-state index contributed by atoms with van der Waals surface area (Å²) in [5.41, 5.74) is 11.1. The second-order valence-corrected chi connectivity index (χ2v) is 8.74. The summed E-state index contributed by atoms with van der Waals surface area (Å²) < 4.78 is 1.15. The van der Waals surface area contributed by atoms with Gasteiger partial charge in [-0.2, -0.15) is 0 Å². The molecule has 1 aromatic heterocycles. The summed E-state index contributed by atoms with van der Waals surface area (Å²) in [6.45, 7) is 2.20. The molecular weight excluding hydrogens is 384 g/mol. The van der Waals surface area contributed by atoms with Crippen LogP contribution < -0.4 is 5.73 Å². The largest absolute Gasteiger partial charge is 0.338 e. The van der Waals surface area contributed by atoms with E-state index >= 15 is 0 Å². The number of hydrogen-bond donors (Lipinski definition) is 1. The fourth-order valence-corrected chi connectivity index (χ4v) is 4.51. The Kier molecular flexibility index (Phi) is 4.37. The van der Waals surface area contributed by atoms with E-state index in [-0.39, 0.29) is 11.8 Å². The molecule has 2 amide bonds. The van der Waals surface area contributed by atoms with Crippen LogP contribution in [0.2, 0.25) is 0 Å². The van der Waals surface area contributed by atoms with Gasteiger partial charge in [0.2, 0.25) is 5.91 Å². The third-order valence-electron chi connectivity index (χ3n) is 5.87. The number of carbonyl (C=O) groups is 2. The van der Waals surface area contributed by atoms with E-state index in [4.69, 9.17) is 5.73 Å². The lowest BCUT2D eigenvalue weighted by Crippen LogP contribution is -2.55. The van der Waals surface area contributed by atoms with Gasteiger partial charge in [-0.15, -0.1) is 11.3 Å². The average molecular weight is 407 g/mol. The van der Waals surface area contributed by atoms with Gasteiger partial charge in [-0.3, -0.25) is 9.59 Å². The van der Waals surface area contributed by atoms with Crippen molar-refractivity contribution in [3.63, 3.8) is 0 Å². The van der Waals surface area contributed by atoms with Crippen LogP contribution in [0.5, 0.6) is 0 Å². The Bertz CT molecular complexity index is 1080. The van der Waals surface area contributed by atoms with E-state index < -0.39 is 5.54 Å². The van der Waals surface area contributed by atoms with Crippen molar-refractivity contribution in [3.05, 3.63) is 53.5 Å². The maximum atomic E-state index is 12.9. The Morgan fingerprint density at radius 3 is 2.28 bits per heavy atom. The topological polar surface area (TPSA) is 79.5 Å². The standard InChI is InChI=1S/C22H22N4O2S/c23-22(7-8-22)21(28)26-11-9-25(10-12-26)20(27)16-3-1-15(2-4-16)17-5-6-18-19(13-17)29-14-24-18/h1-6,13-14H,7-12,23H2. The second-order valence-electron chi connectivity index (χ2n) is 7.85. The van der Waals surface area contributed by atoms with E-state index in [0.717, 1.165) is 34.2 Å². The highest BCUT2D eigenvalue weighted by Gasteiger charge is 2.48. The van der Waals surface area contributed by atoms with E-state index in [1.54, 1.807) is 16.2 Å². The Hall–Kier alpha value is -2.77. The molecule has 2 aromatic carbocycles. The fourth-order valence-electron chi connectivity index (χ4n) is 3.80. The molecule has 0 bridgehead atoms. The summed E-state index contributed by atoms with van der Waals surface area (Å²) in [7, 11) is 0. The molecule has 3 aromatic rings. The van der Waals surface area contributed by atoms with Gasteiger partial charge in [0, 0.05) is 31.7 Å². The van der Waals surface area contributed by atoms with Crippen molar-refractivity contribution in [2.75, 3.05) is 26.2 Å². The number of thiazole rings is 1. The molecule has 29 heavy (non-hydrogen) atoms. The van der Waals surface area contributed by atoms with E-state index in [9.17, 15) is 9.59 Å². The zero-order chi connectivity index (χ0) is 20.0. The van der Waals surface area contributed by atoms with E-state index in [1.807, 2.05) is 40.7 Å². The van der Waals surface area contributed by atoms with Crippen LogP contribution in [0.1, 0.15) is 23.2 Å². The first-order valence-corrected chi connectivity index (χ1v) is 10.7. The number of nitrogens with zero attached hydrogens (tertiary/aromatic N) is 3. The zero-order valence-electron chi connectivity index (χ0n) is 16.0. The van der Waals surface area contributed by atoms with Gasteiger partial charge in [0.05, 0.1) is 21.3 Å². The van der Waals surface area contributed by atoms with Crippen LogP contribution in [0, 0.1) is 0 Å². The highest BCUT2D eigenvalue weighted by Crippen LogP contribution is 2.34. The summed E-state index contributed by atoms with van der Waals surface area (Å²) in [6, 6.07) is 13.9. The van der Waals surface area contributed by atoms with E-state index in [0.29, 0.717) is 31.7 Å². The van der Waals surface area contributed by atoms with Crippen molar-refractivity contribution >= 4 is 33.4 Å². The molecule has 1 aliphatic carbocycles. The van der Waals surface area contributed by atoms with Crippen LogP contribution in [0.15, 0.2) is 48.0 Å². The molecule has 148 valence electrons. The molecule has 2 N–H and O–H groups in total. The van der Waals surface area contributed by atoms with Crippen LogP contribution in [-0.2, 0) is 4.79 Å². The quantitative estimate of drug-likeness (QED) is 0.725. The number of aromatic nitrogens is 1. The van der Waals surface area contributed by atoms with Crippen molar-refractivity contribution in [1.82, 2.24) is 14.8 Å². The lowest BCUT2D eigenvalue weighted by molar-refractivity contribution is -0.135. The third-order valence-corrected chi connectivity index (χ3v) is 6.66. The third kappa shape index (κ3) is 3.41. The van der Waals surface area contributed by atoms with Gasteiger partial charge in [0.1, 0.15) is 0 Å². The molecule has 7 heteroatoms. The first-order chi connectivity index (χ1) is 14.0. The van der Waals surface area contributed by atoms with Gasteiger partial charge in [-0.25, -0.2) is 4.98 Å². The minimum absolute atomic E-state index is 0.00967. The van der Waals surface area contributed by atoms with Crippen molar-refractivity contribution in [2.45, 2.75) is 18.4 Å². The Morgan fingerprint density at radius 1 is 0.931 bits per heavy atom. The van der Waals surface area contributed by atoms with Crippen LogP contribution in [-0.4, -0.2) is 58.3 Å². The fraction of sp³-hybridized carbons (Fsp3) is 0.318. The first kappa shape index (κ1) is 18.3. The number of hydrogen-bond acceptors (Lipinski definition) is 5. The Morgan fingerprint density at radius 2 is 1.59 bits per heavy atom. The summed E-state index contributed by atoms with van der Waals surface area (Å²) >= 11 is 1.62. The van der Waals surface area contributed by atoms with Crippen molar-refractivity contribution in [1.29, 1.82) is 0 Å². The highest BCUT2D eigenvalue weighted by molar-refractivity contribution is 7.16. The molecular formula is C22H22N4O2S. The van der Waals surface area contributed by atoms with Crippen molar-refractivity contribution in [3.8, 4) is 11.1 Å². The first-order valence-electron chi connectivity index (χ1n) is 9.85. The Balaban J connectivity index is 1.25. The molecule has 2 aliphatic rings. The molecule has 2 heterocycles. The molecule has 6 nitrogen and oxygen atoms in total. The predicted octanol–water partition coefficient (Wildman–Crippen LogP) is 2.74. The molecule has 2 fully saturated rings. The molecule has 0 radical (unpaired) electrons. The summed E-state index contributed by atoms with van der Waals surface area (Å²) in [6.07, 6.45) is 1.54. The zero-order valence-corrected chi connectivity index (χ0v) is 16.8. The summed E-state index contributed by atoms with van der Waals surface area (Å²) in [4.78, 5) is 33.2. The highest BCUT2D eigenvalue weighted by atomic mass is 32.1. The lowest BCUT2D eigenvalue weighted by Gasteiger charge is -2.36. The normalized spacial score (nSPS) is 18.1. The maximum absolute atomic E-state index is 12.9. The summed E-state index contributed by atoms with van der Waals surface area (Å²) in [5.74, 6) is 0.0438. The molecule has 1 saturated carbocycles. The van der Waals surface area contributed by atoms with Crippen LogP contribution >= 0.6 is 11.3 Å². The van der Waals surface area contributed by atoms with E-state index in [2.05, 4.69) is 17.1 Å². The molecule has 5 rings (SSSR count). The predicted molar refractivity (Wildman–Crippen MR) is 114 cm³/mol. The molecule has 1 saturated heterocycles. The van der Waals surface area contributed by atoms with Crippen molar-refractivity contribution in [2.24, 2.45) is 5.73 Å². The lowest BCUT2D eigenvalue weighted by atomic mass is 10.0. The second kappa shape index (κ2) is 6.93. The van der Waals surface area contributed by atoms with Crippen LogP contribution in [0.3, 0.4) is 0 Å². The van der Waals surface area contributed by atoms with E-state index in [1.165, 1.54) is 0 Å². The van der Waals surface area contributed by atoms with Gasteiger partial charge >= 0.3 is 0 Å². The minimum atomic E-state index is -0.635. The number of piperazine rings is 1. The summed E-state index contributed by atoms with van der Waals surface area (Å²) in [5, 5.41) is 0. The molecule has 0 unspecified atom stereocenters. The number of carbonyl (C=O) groups excluding carboxylic acids is 2.